The Morgan fingerprint density at radius 2 is 1.88 bits per heavy atom. The van der Waals surface area contributed by atoms with Gasteiger partial charge in [0.1, 0.15) is 6.54 Å². The molecule has 1 rings (SSSR count). The molecule has 1 atom stereocenters. The van der Waals surface area contributed by atoms with Gasteiger partial charge >= 0.3 is 0 Å². The third-order valence-electron chi connectivity index (χ3n) is 4.56. The number of carbonyl (C=O) groups is 1. The molecular formula is C18H37N5O. The van der Waals surface area contributed by atoms with Gasteiger partial charge in [-0.05, 0) is 59.2 Å². The Morgan fingerprint density at radius 3 is 2.46 bits per heavy atom. The monoisotopic (exact) mass is 339 g/mol. The topological polar surface area (TPSA) is 60.0 Å². The minimum absolute atomic E-state index is 0.138. The summed E-state index contributed by atoms with van der Waals surface area (Å²) in [4.78, 5) is 20.9. The molecule has 0 bridgehead atoms. The van der Waals surface area contributed by atoms with Crippen molar-refractivity contribution in [3.05, 3.63) is 0 Å². The number of hydrogen-bond donors (Lipinski definition) is 2. The molecule has 0 spiro atoms. The molecule has 1 fully saturated rings. The zero-order valence-corrected chi connectivity index (χ0v) is 16.1. The minimum atomic E-state index is 0.138. The van der Waals surface area contributed by atoms with Gasteiger partial charge in [0.25, 0.3) is 0 Å². The molecule has 6 heteroatoms. The number of nitrogens with zero attached hydrogens (tertiary/aromatic N) is 3. The van der Waals surface area contributed by atoms with Gasteiger partial charge in [-0.1, -0.05) is 13.8 Å². The molecule has 6 nitrogen and oxygen atoms in total. The molecule has 1 heterocycles. The molecule has 0 aromatic carbocycles. The maximum absolute atomic E-state index is 12.1. The SMILES string of the molecule is CCNC(=NCC(=O)N1CCCC1)NC(C)CCCN(CC)CC. The van der Waals surface area contributed by atoms with Crippen molar-refractivity contribution in [1.82, 2.24) is 20.4 Å². The van der Waals surface area contributed by atoms with Crippen LogP contribution in [0.4, 0.5) is 0 Å². The van der Waals surface area contributed by atoms with Gasteiger partial charge in [0.2, 0.25) is 5.91 Å². The van der Waals surface area contributed by atoms with Gasteiger partial charge in [0.15, 0.2) is 5.96 Å². The normalized spacial score (nSPS) is 16.5. The van der Waals surface area contributed by atoms with E-state index in [2.05, 4.69) is 41.3 Å². The van der Waals surface area contributed by atoms with Crippen LogP contribution >= 0.6 is 0 Å². The van der Waals surface area contributed by atoms with Crippen LogP contribution in [-0.4, -0.2) is 73.5 Å². The zero-order chi connectivity index (χ0) is 17.8. The largest absolute Gasteiger partial charge is 0.357 e. The van der Waals surface area contributed by atoms with E-state index in [1.807, 2.05) is 11.8 Å². The summed E-state index contributed by atoms with van der Waals surface area (Å²) >= 11 is 0. The fourth-order valence-electron chi connectivity index (χ4n) is 3.00. The van der Waals surface area contributed by atoms with Crippen LogP contribution in [-0.2, 0) is 4.79 Å². The van der Waals surface area contributed by atoms with Gasteiger partial charge in [0, 0.05) is 25.7 Å². The average molecular weight is 340 g/mol. The molecule has 0 saturated carbocycles. The van der Waals surface area contributed by atoms with Crippen LogP contribution in [0.5, 0.6) is 0 Å². The fourth-order valence-corrected chi connectivity index (χ4v) is 3.00. The predicted molar refractivity (Wildman–Crippen MR) is 101 cm³/mol. The standard InChI is InChI=1S/C18H37N5O/c1-5-19-18(20-15-17(24)23-13-8-9-14-23)21-16(4)11-10-12-22(6-2)7-3/h16H,5-15H2,1-4H3,(H2,19,20,21). The highest BCUT2D eigenvalue weighted by Gasteiger charge is 2.17. The summed E-state index contributed by atoms with van der Waals surface area (Å²) in [5, 5.41) is 6.66. The smallest absolute Gasteiger partial charge is 0.244 e. The van der Waals surface area contributed by atoms with E-state index < -0.39 is 0 Å². The van der Waals surface area contributed by atoms with E-state index in [0.717, 1.165) is 64.5 Å². The molecule has 1 amide bonds. The van der Waals surface area contributed by atoms with Gasteiger partial charge in [0.05, 0.1) is 0 Å². The lowest BCUT2D eigenvalue weighted by molar-refractivity contribution is -0.128. The van der Waals surface area contributed by atoms with Crippen molar-refractivity contribution < 1.29 is 4.79 Å². The highest BCUT2D eigenvalue weighted by molar-refractivity contribution is 5.85. The van der Waals surface area contributed by atoms with Gasteiger partial charge in [-0.25, -0.2) is 4.99 Å². The van der Waals surface area contributed by atoms with Crippen LogP contribution in [0.1, 0.15) is 53.4 Å². The van der Waals surface area contributed by atoms with Crippen LogP contribution in [0.15, 0.2) is 4.99 Å². The highest BCUT2D eigenvalue weighted by Crippen LogP contribution is 2.07. The van der Waals surface area contributed by atoms with Gasteiger partial charge in [-0.2, -0.15) is 0 Å². The lowest BCUT2D eigenvalue weighted by Crippen LogP contribution is -2.43. The number of nitrogens with one attached hydrogen (secondary N) is 2. The van der Waals surface area contributed by atoms with Crippen molar-refractivity contribution in [2.75, 3.05) is 45.8 Å². The maximum Gasteiger partial charge on any atom is 0.244 e. The fraction of sp³-hybridized carbons (Fsp3) is 0.889. The third-order valence-corrected chi connectivity index (χ3v) is 4.56. The van der Waals surface area contributed by atoms with Crippen LogP contribution in [0.2, 0.25) is 0 Å². The second-order valence-electron chi connectivity index (χ2n) is 6.50. The van der Waals surface area contributed by atoms with E-state index in [9.17, 15) is 4.79 Å². The Bertz CT molecular complexity index is 376. The average Bonchev–Trinajstić information content (AvgIpc) is 3.11. The predicted octanol–water partition coefficient (Wildman–Crippen LogP) is 1.67. The van der Waals surface area contributed by atoms with Crippen molar-refractivity contribution >= 4 is 11.9 Å². The second kappa shape index (κ2) is 12.1. The first-order valence-corrected chi connectivity index (χ1v) is 9.65. The molecule has 1 unspecified atom stereocenters. The Labute approximate surface area is 148 Å². The Hall–Kier alpha value is -1.30. The molecule has 1 aliphatic rings. The summed E-state index contributed by atoms with van der Waals surface area (Å²) in [6.07, 6.45) is 4.51. The zero-order valence-electron chi connectivity index (χ0n) is 16.1. The van der Waals surface area contributed by atoms with E-state index in [4.69, 9.17) is 0 Å². The molecule has 0 radical (unpaired) electrons. The van der Waals surface area contributed by atoms with E-state index in [1.165, 1.54) is 6.42 Å². The van der Waals surface area contributed by atoms with Gasteiger partial charge in [-0.3, -0.25) is 4.79 Å². The first-order valence-electron chi connectivity index (χ1n) is 9.65. The number of amides is 1. The summed E-state index contributed by atoms with van der Waals surface area (Å²) < 4.78 is 0. The quantitative estimate of drug-likeness (QED) is 0.470. The van der Waals surface area contributed by atoms with E-state index in [0.29, 0.717) is 6.04 Å². The van der Waals surface area contributed by atoms with Crippen LogP contribution in [0, 0.1) is 0 Å². The number of carbonyl (C=O) groups excluding carboxylic acids is 1. The summed E-state index contributed by atoms with van der Waals surface area (Å²) in [6.45, 7) is 14.8. The Morgan fingerprint density at radius 1 is 1.21 bits per heavy atom. The maximum atomic E-state index is 12.1. The van der Waals surface area contributed by atoms with Crippen molar-refractivity contribution in [1.29, 1.82) is 0 Å². The number of aliphatic imine (C=N–C) groups is 1. The van der Waals surface area contributed by atoms with Crippen molar-refractivity contribution in [3.63, 3.8) is 0 Å². The molecule has 1 saturated heterocycles. The summed E-state index contributed by atoms with van der Waals surface area (Å²) in [7, 11) is 0. The summed E-state index contributed by atoms with van der Waals surface area (Å²) in [5.74, 6) is 0.888. The van der Waals surface area contributed by atoms with Crippen LogP contribution < -0.4 is 10.6 Å². The first-order chi connectivity index (χ1) is 11.6. The molecule has 0 aromatic heterocycles. The van der Waals surface area contributed by atoms with Crippen molar-refractivity contribution in [2.24, 2.45) is 4.99 Å². The number of hydrogen-bond acceptors (Lipinski definition) is 3. The Kier molecular flexibility index (Phi) is 10.5. The van der Waals surface area contributed by atoms with Gasteiger partial charge in [-0.15, -0.1) is 0 Å². The molecule has 0 aromatic rings. The van der Waals surface area contributed by atoms with E-state index >= 15 is 0 Å². The van der Waals surface area contributed by atoms with E-state index in [-0.39, 0.29) is 12.5 Å². The number of likely N-dealkylation sites (tertiary alicyclic amines) is 1. The van der Waals surface area contributed by atoms with E-state index in [1.54, 1.807) is 0 Å². The number of guanidine groups is 1. The van der Waals surface area contributed by atoms with Crippen LogP contribution in [0.3, 0.4) is 0 Å². The molecule has 2 N–H and O–H groups in total. The molecular weight excluding hydrogens is 302 g/mol. The highest BCUT2D eigenvalue weighted by atomic mass is 16.2. The molecule has 0 aliphatic carbocycles. The van der Waals surface area contributed by atoms with Crippen molar-refractivity contribution in [2.45, 2.75) is 59.4 Å². The van der Waals surface area contributed by atoms with Gasteiger partial charge < -0.3 is 20.4 Å². The lowest BCUT2D eigenvalue weighted by Gasteiger charge is -2.21. The first kappa shape index (κ1) is 20.7. The molecule has 140 valence electrons. The lowest BCUT2D eigenvalue weighted by atomic mass is 10.2. The minimum Gasteiger partial charge on any atom is -0.357 e. The molecule has 1 aliphatic heterocycles. The second-order valence-corrected chi connectivity index (χ2v) is 6.50. The summed E-state index contributed by atoms with van der Waals surface area (Å²) in [6, 6.07) is 0.347. The number of rotatable bonds is 10. The molecule has 24 heavy (non-hydrogen) atoms. The third kappa shape index (κ3) is 7.99. The van der Waals surface area contributed by atoms with Crippen LogP contribution in [0.25, 0.3) is 0 Å². The summed E-state index contributed by atoms with van der Waals surface area (Å²) in [5.41, 5.74) is 0. The van der Waals surface area contributed by atoms with Crippen molar-refractivity contribution in [3.8, 4) is 0 Å². The Balaban J connectivity index is 2.37.